The number of hydrogen-bond acceptors (Lipinski definition) is 3. The molecule has 0 aliphatic rings. The van der Waals surface area contributed by atoms with Crippen LogP contribution < -0.4 is 9.47 Å². The summed E-state index contributed by atoms with van der Waals surface area (Å²) in [6, 6.07) is 3.64. The molecule has 0 saturated carbocycles. The van der Waals surface area contributed by atoms with Gasteiger partial charge in [-0.25, -0.2) is 4.98 Å². The monoisotopic (exact) mass is 183 g/mol. The second-order valence-corrected chi connectivity index (χ2v) is 1.94. The third-order valence-electron chi connectivity index (χ3n) is 1.23. The van der Waals surface area contributed by atoms with Crippen molar-refractivity contribution in [3.63, 3.8) is 0 Å². The zero-order valence-electron chi connectivity index (χ0n) is 8.70. The molecule has 0 bridgehead atoms. The molecule has 0 aliphatic heterocycles. The van der Waals surface area contributed by atoms with Gasteiger partial charge in [-0.2, -0.15) is 0 Å². The number of nitrogens with zero attached hydrogens (tertiary/aromatic N) is 1. The summed E-state index contributed by atoms with van der Waals surface area (Å²) in [5.41, 5.74) is 0. The topological polar surface area (TPSA) is 31.4 Å². The summed E-state index contributed by atoms with van der Waals surface area (Å²) in [5.74, 6) is 1.23. The normalized spacial score (nSPS) is 8.31. The molecule has 0 aliphatic carbocycles. The molecule has 74 valence electrons. The van der Waals surface area contributed by atoms with Gasteiger partial charge in [0, 0.05) is 6.20 Å². The van der Waals surface area contributed by atoms with E-state index in [1.54, 1.807) is 13.3 Å². The zero-order valence-corrected chi connectivity index (χ0v) is 8.70. The van der Waals surface area contributed by atoms with Gasteiger partial charge in [-0.05, 0) is 19.1 Å². The number of methoxy groups -OCH3 is 1. The maximum absolute atomic E-state index is 5.24. The minimum absolute atomic E-state index is 0.536. The highest BCUT2D eigenvalue weighted by molar-refractivity contribution is 5.32. The first-order chi connectivity index (χ1) is 6.38. The molecule has 3 nitrogen and oxygen atoms in total. The van der Waals surface area contributed by atoms with Crippen molar-refractivity contribution in [3.05, 3.63) is 18.3 Å². The highest BCUT2D eigenvalue weighted by atomic mass is 16.5. The fourth-order valence-corrected chi connectivity index (χ4v) is 0.795. The van der Waals surface area contributed by atoms with Gasteiger partial charge >= 0.3 is 0 Å². The van der Waals surface area contributed by atoms with Crippen LogP contribution in [-0.4, -0.2) is 18.7 Å². The number of hydrogen-bond donors (Lipinski definition) is 0. The van der Waals surface area contributed by atoms with E-state index >= 15 is 0 Å². The maximum atomic E-state index is 5.24. The molecule has 0 saturated heterocycles. The third-order valence-corrected chi connectivity index (χ3v) is 1.23. The lowest BCUT2D eigenvalue weighted by atomic mass is 10.4. The molecule has 0 radical (unpaired) electrons. The van der Waals surface area contributed by atoms with Crippen LogP contribution in [0.15, 0.2) is 18.3 Å². The molecule has 13 heavy (non-hydrogen) atoms. The summed E-state index contributed by atoms with van der Waals surface area (Å²) in [6.45, 7) is 6.55. The van der Waals surface area contributed by atoms with Crippen LogP contribution in [0, 0.1) is 0 Å². The van der Waals surface area contributed by atoms with Crippen LogP contribution in [0.5, 0.6) is 11.6 Å². The molecule has 3 heteroatoms. The van der Waals surface area contributed by atoms with Crippen molar-refractivity contribution in [2.24, 2.45) is 0 Å². The average Bonchev–Trinajstić information content (AvgIpc) is 2.22. The number of pyridine rings is 1. The second kappa shape index (κ2) is 7.40. The Bertz CT molecular complexity index is 226. The molecular weight excluding hydrogens is 166 g/mol. The largest absolute Gasteiger partial charge is 0.488 e. The van der Waals surface area contributed by atoms with E-state index in [9.17, 15) is 0 Å². The summed E-state index contributed by atoms with van der Waals surface area (Å²) in [4.78, 5) is 3.97. The molecule has 0 spiro atoms. The van der Waals surface area contributed by atoms with Crippen molar-refractivity contribution >= 4 is 0 Å². The van der Waals surface area contributed by atoms with E-state index in [-0.39, 0.29) is 0 Å². The smallest absolute Gasteiger partial charge is 0.256 e. The first-order valence-electron chi connectivity index (χ1n) is 4.50. The van der Waals surface area contributed by atoms with Gasteiger partial charge in [0.05, 0.1) is 13.7 Å². The maximum Gasteiger partial charge on any atom is 0.256 e. The van der Waals surface area contributed by atoms with E-state index in [1.165, 1.54) is 0 Å². The van der Waals surface area contributed by atoms with Gasteiger partial charge in [0.25, 0.3) is 5.88 Å². The molecule has 0 amide bonds. The van der Waals surface area contributed by atoms with Crippen LogP contribution in [0.2, 0.25) is 0 Å². The third kappa shape index (κ3) is 3.78. The lowest BCUT2D eigenvalue weighted by Gasteiger charge is -2.05. The fourth-order valence-electron chi connectivity index (χ4n) is 0.795. The van der Waals surface area contributed by atoms with E-state index in [0.717, 1.165) is 0 Å². The van der Waals surface area contributed by atoms with Crippen molar-refractivity contribution in [2.45, 2.75) is 20.8 Å². The zero-order chi connectivity index (χ0) is 10.1. The average molecular weight is 183 g/mol. The van der Waals surface area contributed by atoms with Gasteiger partial charge in [0.1, 0.15) is 0 Å². The van der Waals surface area contributed by atoms with E-state index in [0.29, 0.717) is 18.2 Å². The van der Waals surface area contributed by atoms with E-state index in [4.69, 9.17) is 9.47 Å². The number of rotatable bonds is 3. The standard InChI is InChI=1S/C8H11NO2.C2H6/c1-3-11-7-5-4-6-9-8(7)10-2;1-2/h4-6H,3H2,1-2H3;1-2H3. The van der Waals surface area contributed by atoms with Crippen molar-refractivity contribution in [1.29, 1.82) is 0 Å². The summed E-state index contributed by atoms with van der Waals surface area (Å²) >= 11 is 0. The SMILES string of the molecule is CC.CCOc1cccnc1OC. The van der Waals surface area contributed by atoms with Crippen LogP contribution >= 0.6 is 0 Å². The van der Waals surface area contributed by atoms with Crippen LogP contribution in [-0.2, 0) is 0 Å². The van der Waals surface area contributed by atoms with Crippen LogP contribution in [0.4, 0.5) is 0 Å². The van der Waals surface area contributed by atoms with Gasteiger partial charge < -0.3 is 9.47 Å². The van der Waals surface area contributed by atoms with Crippen LogP contribution in [0.25, 0.3) is 0 Å². The van der Waals surface area contributed by atoms with E-state index in [2.05, 4.69) is 4.98 Å². The molecule has 0 atom stereocenters. The van der Waals surface area contributed by atoms with Gasteiger partial charge in [0.2, 0.25) is 0 Å². The Kier molecular flexibility index (Phi) is 6.69. The molecule has 1 aromatic rings. The summed E-state index contributed by atoms with van der Waals surface area (Å²) in [7, 11) is 1.57. The number of ether oxygens (including phenoxy) is 2. The molecule has 1 aromatic heterocycles. The highest BCUT2D eigenvalue weighted by Gasteiger charge is 2.01. The van der Waals surface area contributed by atoms with Crippen molar-refractivity contribution in [1.82, 2.24) is 4.98 Å². The molecule has 0 aromatic carbocycles. The lowest BCUT2D eigenvalue weighted by molar-refractivity contribution is 0.304. The molecule has 0 N–H and O–H groups in total. The van der Waals surface area contributed by atoms with Crippen LogP contribution in [0.3, 0.4) is 0 Å². The minimum atomic E-state index is 0.536. The van der Waals surface area contributed by atoms with Crippen LogP contribution in [0.1, 0.15) is 20.8 Å². The summed E-state index contributed by atoms with van der Waals surface area (Å²) in [6.07, 6.45) is 1.67. The Hall–Kier alpha value is -1.25. The number of aromatic nitrogens is 1. The second-order valence-electron chi connectivity index (χ2n) is 1.94. The first-order valence-corrected chi connectivity index (χ1v) is 4.50. The minimum Gasteiger partial charge on any atom is -0.488 e. The predicted molar refractivity (Wildman–Crippen MR) is 53.3 cm³/mol. The molecule has 1 heterocycles. The Labute approximate surface area is 79.7 Å². The fraction of sp³-hybridized carbons (Fsp3) is 0.500. The van der Waals surface area contributed by atoms with Crippen molar-refractivity contribution < 1.29 is 9.47 Å². The van der Waals surface area contributed by atoms with E-state index in [1.807, 2.05) is 32.9 Å². The predicted octanol–water partition coefficient (Wildman–Crippen LogP) is 2.52. The van der Waals surface area contributed by atoms with Crippen molar-refractivity contribution in [3.8, 4) is 11.6 Å². The Balaban J connectivity index is 0.000000671. The first kappa shape index (κ1) is 11.8. The lowest BCUT2D eigenvalue weighted by Crippen LogP contribution is -1.96. The highest BCUT2D eigenvalue weighted by Crippen LogP contribution is 2.22. The molecule has 1 rings (SSSR count). The Morgan fingerprint density at radius 2 is 2.08 bits per heavy atom. The molecular formula is C10H17NO2. The van der Waals surface area contributed by atoms with Gasteiger partial charge in [-0.3, -0.25) is 0 Å². The quantitative estimate of drug-likeness (QED) is 0.721. The van der Waals surface area contributed by atoms with Crippen molar-refractivity contribution in [2.75, 3.05) is 13.7 Å². The van der Waals surface area contributed by atoms with Gasteiger partial charge in [-0.15, -0.1) is 0 Å². The van der Waals surface area contributed by atoms with Gasteiger partial charge in [0.15, 0.2) is 5.75 Å². The molecule has 0 unspecified atom stereocenters. The van der Waals surface area contributed by atoms with E-state index < -0.39 is 0 Å². The molecule has 0 fully saturated rings. The summed E-state index contributed by atoms with van der Waals surface area (Å²) < 4.78 is 10.2. The summed E-state index contributed by atoms with van der Waals surface area (Å²) in [5, 5.41) is 0. The van der Waals surface area contributed by atoms with Gasteiger partial charge in [-0.1, -0.05) is 13.8 Å². The Morgan fingerprint density at radius 1 is 1.38 bits per heavy atom. The Morgan fingerprint density at radius 3 is 2.62 bits per heavy atom.